The molecule has 12 heteroatoms. The van der Waals surface area contributed by atoms with E-state index >= 15 is 4.39 Å². The topological polar surface area (TPSA) is 96.3 Å². The van der Waals surface area contributed by atoms with Crippen LogP contribution in [0.1, 0.15) is 74.7 Å². The average molecular weight is 734 g/mol. The number of halogens is 2. The predicted octanol–water partition coefficient (Wildman–Crippen LogP) is 6.31. The molecule has 2 aliphatic carbocycles. The number of hydrogen-bond donors (Lipinski definition) is 1. The van der Waals surface area contributed by atoms with Crippen LogP contribution in [0.15, 0.2) is 54.2 Å². The Morgan fingerprint density at radius 3 is 2.42 bits per heavy atom. The highest BCUT2D eigenvalue weighted by Gasteiger charge is 2.54. The molecule has 2 aliphatic heterocycles. The largest absolute Gasteiger partial charge is 0.463 e. The summed E-state index contributed by atoms with van der Waals surface area (Å²) < 4.78 is 30.2. The van der Waals surface area contributed by atoms with E-state index in [1.54, 1.807) is 13.1 Å². The summed E-state index contributed by atoms with van der Waals surface area (Å²) in [4.78, 5) is 47.7. The quantitative estimate of drug-likeness (QED) is 0.217. The normalized spacial score (nSPS) is 22.2. The third-order valence-electron chi connectivity index (χ3n) is 11.5. The smallest absolute Gasteiger partial charge is 0.333 e. The number of nitrogens with one attached hydrogen (secondary N) is 1. The van der Waals surface area contributed by atoms with Crippen molar-refractivity contribution in [3.05, 3.63) is 76.2 Å². The number of benzene rings is 2. The molecule has 3 heterocycles. The molecule has 4 aliphatic rings. The first-order valence-electron chi connectivity index (χ1n) is 18.7. The molecule has 0 radical (unpaired) electrons. The second-order valence-corrected chi connectivity index (χ2v) is 15.3. The molecule has 2 saturated heterocycles. The lowest BCUT2D eigenvalue weighted by atomic mass is 9.96. The third kappa shape index (κ3) is 7.18. The van der Waals surface area contributed by atoms with Gasteiger partial charge in [-0.25, -0.2) is 9.18 Å². The molecule has 52 heavy (non-hydrogen) atoms. The molecule has 1 unspecified atom stereocenters. The van der Waals surface area contributed by atoms with E-state index < -0.39 is 17.6 Å². The van der Waals surface area contributed by atoms with Gasteiger partial charge in [0.25, 0.3) is 5.91 Å². The number of aromatic nitrogens is 1. The zero-order valence-electron chi connectivity index (χ0n) is 30.4. The number of likely N-dealkylation sites (tertiary alicyclic amines) is 1. The zero-order valence-corrected chi connectivity index (χ0v) is 31.1. The van der Waals surface area contributed by atoms with Crippen LogP contribution in [0.4, 0.5) is 10.1 Å². The number of amides is 1. The maximum Gasteiger partial charge on any atom is 0.333 e. The van der Waals surface area contributed by atoms with Gasteiger partial charge in [-0.3, -0.25) is 24.3 Å². The van der Waals surface area contributed by atoms with Gasteiger partial charge >= 0.3 is 5.97 Å². The lowest BCUT2D eigenvalue weighted by molar-refractivity contribution is -0.258. The second kappa shape index (κ2) is 15.0. The van der Waals surface area contributed by atoms with Crippen molar-refractivity contribution < 1.29 is 28.2 Å². The number of rotatable bonds is 12. The number of esters is 1. The van der Waals surface area contributed by atoms with E-state index in [0.29, 0.717) is 63.2 Å². The van der Waals surface area contributed by atoms with Gasteiger partial charge in [-0.2, -0.15) is 0 Å². The summed E-state index contributed by atoms with van der Waals surface area (Å²) >= 11 is 6.71. The van der Waals surface area contributed by atoms with Crippen molar-refractivity contribution in [1.82, 2.24) is 19.3 Å². The van der Waals surface area contributed by atoms with Gasteiger partial charge in [0.2, 0.25) is 5.85 Å². The summed E-state index contributed by atoms with van der Waals surface area (Å²) in [7, 11) is 1.86. The van der Waals surface area contributed by atoms with Crippen molar-refractivity contribution in [1.29, 1.82) is 0 Å². The van der Waals surface area contributed by atoms with Crippen molar-refractivity contribution in [2.75, 3.05) is 51.2 Å². The van der Waals surface area contributed by atoms with Gasteiger partial charge in [0.05, 0.1) is 29.0 Å². The number of aryl methyl sites for hydroxylation is 1. The molecule has 1 aromatic heterocycles. The van der Waals surface area contributed by atoms with Gasteiger partial charge in [0.15, 0.2) is 5.78 Å². The summed E-state index contributed by atoms with van der Waals surface area (Å²) in [5.74, 6) is -3.00. The Morgan fingerprint density at radius 1 is 1.04 bits per heavy atom. The monoisotopic (exact) mass is 733 g/mol. The Balaban J connectivity index is 1.16. The lowest BCUT2D eigenvalue weighted by Crippen LogP contribution is -2.71. The number of ether oxygens (including phenoxy) is 2. The summed E-state index contributed by atoms with van der Waals surface area (Å²) in [6, 6.07) is 10.2. The van der Waals surface area contributed by atoms with Gasteiger partial charge in [0, 0.05) is 80.9 Å². The number of nitrogens with zero attached hydrogens (tertiary/aromatic N) is 4. The molecule has 3 fully saturated rings. The van der Waals surface area contributed by atoms with Crippen molar-refractivity contribution in [3.63, 3.8) is 0 Å². The van der Waals surface area contributed by atoms with E-state index in [2.05, 4.69) is 26.9 Å². The minimum atomic E-state index is -1.41. The summed E-state index contributed by atoms with van der Waals surface area (Å²) in [6.45, 7) is 8.66. The molecule has 278 valence electrons. The Labute approximate surface area is 309 Å². The molecule has 0 spiro atoms. The molecular formula is C40H49ClFN5O5. The Kier molecular flexibility index (Phi) is 10.6. The van der Waals surface area contributed by atoms with Gasteiger partial charge in [-0.05, 0) is 82.6 Å². The maximum absolute atomic E-state index is 16.0. The summed E-state index contributed by atoms with van der Waals surface area (Å²) in [5.41, 5.74) is 2.47. The number of ketones is 1. The number of anilines is 1. The fraction of sp³-hybridized carbons (Fsp3) is 0.525. The van der Waals surface area contributed by atoms with Crippen LogP contribution in [0.25, 0.3) is 10.9 Å². The number of fused-ring (bicyclic) bond motifs is 1. The van der Waals surface area contributed by atoms with Crippen LogP contribution in [0.3, 0.4) is 0 Å². The van der Waals surface area contributed by atoms with E-state index in [4.69, 9.17) is 21.1 Å². The first-order chi connectivity index (χ1) is 25.0. The summed E-state index contributed by atoms with van der Waals surface area (Å²) in [6.07, 6.45) is 8.80. The SMILES string of the molecule is CCOC(=O)C1=CC[C@@H](OC(C(=O)Cc2cc(Cl)c(NC(=O)c3cn(C)c4ccccc34)cc2F)(N2CCCC2)N2CCN(C3(C)CC3)CC2)CC1. The van der Waals surface area contributed by atoms with Crippen LogP contribution in [0, 0.1) is 5.82 Å². The number of para-hydroxylation sites is 1. The number of hydrogen-bond acceptors (Lipinski definition) is 8. The van der Waals surface area contributed by atoms with E-state index in [1.807, 2.05) is 42.0 Å². The molecule has 3 aromatic rings. The second-order valence-electron chi connectivity index (χ2n) is 14.9. The molecule has 1 N–H and O–H groups in total. The van der Waals surface area contributed by atoms with Crippen molar-refractivity contribution in [2.24, 2.45) is 7.05 Å². The van der Waals surface area contributed by atoms with Crippen LogP contribution in [0.2, 0.25) is 5.02 Å². The fourth-order valence-electron chi connectivity index (χ4n) is 8.21. The Bertz CT molecular complexity index is 1880. The standard InChI is InChI=1S/C40H49ClFN5O5/c1-4-51-38(50)27-11-13-29(14-12-27)52-40(46-17-7-8-18-46,47-21-19-45(20-22-47)39(2)15-16-39)36(48)24-28-23-32(41)34(25-33(28)42)43-37(49)31-26-44(3)35-10-6-5-9-30(31)35/h5-6,9-11,23,25-26,29H,4,7-8,12-22,24H2,1-3H3,(H,43,49)/t29-,40?/m1/s1. The van der Waals surface area contributed by atoms with E-state index in [1.165, 1.54) is 25.0 Å². The lowest BCUT2D eigenvalue weighted by Gasteiger charge is -2.52. The van der Waals surface area contributed by atoms with Gasteiger partial charge in [0.1, 0.15) is 5.82 Å². The molecule has 10 nitrogen and oxygen atoms in total. The first kappa shape index (κ1) is 36.7. The zero-order chi connectivity index (χ0) is 36.6. The highest BCUT2D eigenvalue weighted by molar-refractivity contribution is 6.34. The number of carbonyl (C=O) groups is 3. The van der Waals surface area contributed by atoms with Crippen LogP contribution >= 0.6 is 11.6 Å². The molecular weight excluding hydrogens is 685 g/mol. The Morgan fingerprint density at radius 2 is 1.75 bits per heavy atom. The molecule has 0 bridgehead atoms. The van der Waals surface area contributed by atoms with Gasteiger partial charge < -0.3 is 19.4 Å². The van der Waals surface area contributed by atoms with E-state index in [9.17, 15) is 14.4 Å². The Hall–Kier alpha value is -3.61. The minimum absolute atomic E-state index is 0.131. The molecule has 2 aromatic carbocycles. The maximum atomic E-state index is 16.0. The highest BCUT2D eigenvalue weighted by atomic mass is 35.5. The molecule has 7 rings (SSSR count). The van der Waals surface area contributed by atoms with Crippen LogP contribution in [-0.2, 0) is 32.5 Å². The minimum Gasteiger partial charge on any atom is -0.463 e. The number of Topliss-reactive ketones (excluding diaryl/α,β-unsaturated/α-hetero) is 1. The number of piperazine rings is 1. The highest BCUT2D eigenvalue weighted by Crippen LogP contribution is 2.43. The van der Waals surface area contributed by atoms with Gasteiger partial charge in [-0.1, -0.05) is 35.9 Å². The molecule has 2 atom stereocenters. The van der Waals surface area contributed by atoms with Gasteiger partial charge in [-0.15, -0.1) is 0 Å². The average Bonchev–Trinajstić information content (AvgIpc) is 3.50. The first-order valence-corrected chi connectivity index (χ1v) is 19.1. The van der Waals surface area contributed by atoms with Crippen molar-refractivity contribution in [2.45, 2.75) is 82.7 Å². The van der Waals surface area contributed by atoms with Crippen LogP contribution < -0.4 is 5.32 Å². The fourth-order valence-corrected chi connectivity index (χ4v) is 8.45. The molecule has 1 saturated carbocycles. The van der Waals surface area contributed by atoms with Crippen molar-refractivity contribution in [3.8, 4) is 0 Å². The third-order valence-corrected chi connectivity index (χ3v) is 11.8. The number of carbonyl (C=O) groups excluding carboxylic acids is 3. The predicted molar refractivity (Wildman–Crippen MR) is 199 cm³/mol. The van der Waals surface area contributed by atoms with E-state index in [-0.39, 0.29) is 46.1 Å². The summed E-state index contributed by atoms with van der Waals surface area (Å²) in [5, 5.41) is 3.70. The van der Waals surface area contributed by atoms with Crippen LogP contribution in [-0.4, -0.2) is 100 Å². The van der Waals surface area contributed by atoms with E-state index in [0.717, 1.165) is 36.8 Å². The molecule has 1 amide bonds. The van der Waals surface area contributed by atoms with Crippen LogP contribution in [0.5, 0.6) is 0 Å². The van der Waals surface area contributed by atoms with Crippen molar-refractivity contribution >= 4 is 45.9 Å².